The number of nitrogens with zero attached hydrogens (tertiary/aromatic N) is 1. The number of hydrogen-bond donors (Lipinski definition) is 1. The molecular weight excluding hydrogens is 352 g/mol. The zero-order valence-corrected chi connectivity index (χ0v) is 16.9. The fraction of sp³-hybridized carbons (Fsp3) is 0.421. The summed E-state index contributed by atoms with van der Waals surface area (Å²) in [5.74, 6) is 1.65. The lowest BCUT2D eigenvalue weighted by atomic mass is 10.1. The van der Waals surface area contributed by atoms with Crippen LogP contribution in [0.2, 0.25) is 0 Å². The number of aryl methyl sites for hydroxylation is 1. The van der Waals surface area contributed by atoms with Crippen LogP contribution in [0.25, 0.3) is 0 Å². The average Bonchev–Trinajstić information content (AvgIpc) is 3.04. The molecule has 0 bridgehead atoms. The number of nitrogens with one attached hydrogen (secondary N) is 1. The van der Waals surface area contributed by atoms with E-state index in [-0.39, 0.29) is 12.1 Å². The smallest absolute Gasteiger partial charge is 0.317 e. The Morgan fingerprint density at radius 2 is 1.81 bits per heavy atom. The van der Waals surface area contributed by atoms with E-state index in [0.717, 1.165) is 5.56 Å². The van der Waals surface area contributed by atoms with Gasteiger partial charge in [-0.2, -0.15) is 0 Å². The Morgan fingerprint density at radius 3 is 2.27 bits per heavy atom. The summed E-state index contributed by atoms with van der Waals surface area (Å²) in [5, 5.41) is 5.04. The van der Waals surface area contributed by atoms with Crippen LogP contribution in [-0.4, -0.2) is 39.3 Å². The molecule has 2 amide bonds. The van der Waals surface area contributed by atoms with Gasteiger partial charge in [-0.05, 0) is 48.6 Å². The van der Waals surface area contributed by atoms with E-state index in [2.05, 4.69) is 18.3 Å². The second kappa shape index (κ2) is 8.80. The molecule has 2 aromatic rings. The van der Waals surface area contributed by atoms with Crippen molar-refractivity contribution in [3.05, 3.63) is 39.6 Å². The van der Waals surface area contributed by atoms with Gasteiger partial charge in [0.05, 0.1) is 33.9 Å². The summed E-state index contributed by atoms with van der Waals surface area (Å²) in [7, 11) is 6.49. The number of rotatable bonds is 7. The molecule has 0 aliphatic rings. The third-order valence-electron chi connectivity index (χ3n) is 4.22. The van der Waals surface area contributed by atoms with Crippen LogP contribution in [0.1, 0.15) is 29.0 Å². The highest BCUT2D eigenvalue weighted by Crippen LogP contribution is 2.39. The molecule has 1 aromatic heterocycles. The second-order valence-electron chi connectivity index (χ2n) is 6.01. The van der Waals surface area contributed by atoms with E-state index >= 15 is 0 Å². The number of ether oxygens (including phenoxy) is 3. The molecule has 1 atom stereocenters. The van der Waals surface area contributed by atoms with Crippen molar-refractivity contribution in [2.45, 2.75) is 26.4 Å². The van der Waals surface area contributed by atoms with E-state index in [0.29, 0.717) is 23.8 Å². The van der Waals surface area contributed by atoms with Gasteiger partial charge in [0.2, 0.25) is 5.75 Å². The van der Waals surface area contributed by atoms with E-state index in [4.69, 9.17) is 14.2 Å². The van der Waals surface area contributed by atoms with Crippen LogP contribution < -0.4 is 19.5 Å². The third-order valence-corrected chi connectivity index (χ3v) is 5.23. The zero-order valence-electron chi connectivity index (χ0n) is 16.1. The van der Waals surface area contributed by atoms with E-state index in [1.807, 2.05) is 24.4 Å². The molecule has 0 aliphatic heterocycles. The van der Waals surface area contributed by atoms with Crippen molar-refractivity contribution in [2.24, 2.45) is 0 Å². The van der Waals surface area contributed by atoms with Crippen molar-refractivity contribution in [1.29, 1.82) is 0 Å². The third kappa shape index (κ3) is 4.40. The Hall–Kier alpha value is -2.41. The quantitative estimate of drug-likeness (QED) is 0.792. The summed E-state index contributed by atoms with van der Waals surface area (Å²) >= 11 is 1.66. The lowest BCUT2D eigenvalue weighted by molar-refractivity contribution is 0.204. The normalized spacial score (nSPS) is 11.6. The average molecular weight is 378 g/mol. The fourth-order valence-electron chi connectivity index (χ4n) is 2.58. The highest BCUT2D eigenvalue weighted by Gasteiger charge is 2.19. The molecule has 2 rings (SSSR count). The predicted molar refractivity (Wildman–Crippen MR) is 104 cm³/mol. The van der Waals surface area contributed by atoms with E-state index < -0.39 is 0 Å². The summed E-state index contributed by atoms with van der Waals surface area (Å²) in [6.45, 7) is 4.55. The first-order chi connectivity index (χ1) is 12.4. The summed E-state index contributed by atoms with van der Waals surface area (Å²) in [4.78, 5) is 15.4. The summed E-state index contributed by atoms with van der Waals surface area (Å²) in [6, 6.07) is 5.39. The summed E-state index contributed by atoms with van der Waals surface area (Å²) in [6.07, 6.45) is 0. The molecular formula is C19H26N2O4S. The molecule has 0 saturated heterocycles. The molecule has 0 saturated carbocycles. The molecule has 7 heteroatoms. The first kappa shape index (κ1) is 19.9. The predicted octanol–water partition coefficient (Wildman–Crippen LogP) is 3.98. The van der Waals surface area contributed by atoms with Crippen molar-refractivity contribution >= 4 is 17.4 Å². The minimum atomic E-state index is -0.219. The monoisotopic (exact) mass is 378 g/mol. The number of urea groups is 1. The topological polar surface area (TPSA) is 60.0 Å². The molecule has 1 N–H and O–H groups in total. The minimum Gasteiger partial charge on any atom is -0.493 e. The zero-order chi connectivity index (χ0) is 19.3. The van der Waals surface area contributed by atoms with E-state index in [1.54, 1.807) is 44.6 Å². The van der Waals surface area contributed by atoms with Crippen molar-refractivity contribution in [1.82, 2.24) is 10.2 Å². The number of carbonyl (C=O) groups is 1. The molecule has 0 radical (unpaired) electrons. The van der Waals surface area contributed by atoms with Crippen molar-refractivity contribution in [2.75, 3.05) is 28.4 Å². The van der Waals surface area contributed by atoms with Crippen LogP contribution in [0.5, 0.6) is 17.2 Å². The first-order valence-corrected chi connectivity index (χ1v) is 9.13. The number of thiophene rings is 1. The number of carbonyl (C=O) groups excluding carboxylic acids is 1. The van der Waals surface area contributed by atoms with Gasteiger partial charge in [-0.25, -0.2) is 4.79 Å². The Kier molecular flexibility index (Phi) is 6.74. The Morgan fingerprint density at radius 1 is 1.19 bits per heavy atom. The molecule has 0 fully saturated rings. The molecule has 142 valence electrons. The maximum atomic E-state index is 12.5. The Bertz CT molecular complexity index is 735. The lowest BCUT2D eigenvalue weighted by Gasteiger charge is -2.23. The van der Waals surface area contributed by atoms with Gasteiger partial charge in [0.25, 0.3) is 0 Å². The minimum absolute atomic E-state index is 0.140. The van der Waals surface area contributed by atoms with Gasteiger partial charge < -0.3 is 24.4 Å². The van der Waals surface area contributed by atoms with Gasteiger partial charge in [-0.1, -0.05) is 0 Å². The lowest BCUT2D eigenvalue weighted by Crippen LogP contribution is -2.38. The summed E-state index contributed by atoms with van der Waals surface area (Å²) < 4.78 is 16.1. The van der Waals surface area contributed by atoms with Crippen molar-refractivity contribution in [3.63, 3.8) is 0 Å². The van der Waals surface area contributed by atoms with Crippen LogP contribution in [0.4, 0.5) is 4.79 Å². The number of methoxy groups -OCH3 is 3. The largest absolute Gasteiger partial charge is 0.493 e. The van der Waals surface area contributed by atoms with Gasteiger partial charge in [-0.15, -0.1) is 11.3 Å². The number of benzene rings is 1. The van der Waals surface area contributed by atoms with Gasteiger partial charge in [0.15, 0.2) is 11.5 Å². The SMILES string of the molecule is COc1cc(C(C)NC(=O)N(C)Cc2sccc2C)cc(OC)c1OC. The van der Waals surface area contributed by atoms with Gasteiger partial charge in [-0.3, -0.25) is 0 Å². The van der Waals surface area contributed by atoms with Gasteiger partial charge in [0.1, 0.15) is 0 Å². The molecule has 0 aliphatic carbocycles. The van der Waals surface area contributed by atoms with Crippen LogP contribution in [0.15, 0.2) is 23.6 Å². The summed E-state index contributed by atoms with van der Waals surface area (Å²) in [5.41, 5.74) is 2.07. The first-order valence-electron chi connectivity index (χ1n) is 8.25. The van der Waals surface area contributed by atoms with Crippen molar-refractivity contribution < 1.29 is 19.0 Å². The molecule has 0 spiro atoms. The second-order valence-corrected chi connectivity index (χ2v) is 7.01. The van der Waals surface area contributed by atoms with Gasteiger partial charge in [0, 0.05) is 11.9 Å². The van der Waals surface area contributed by atoms with Crippen LogP contribution in [0.3, 0.4) is 0 Å². The van der Waals surface area contributed by atoms with E-state index in [1.165, 1.54) is 10.4 Å². The van der Waals surface area contributed by atoms with E-state index in [9.17, 15) is 4.79 Å². The molecule has 1 unspecified atom stereocenters. The standard InChI is InChI=1S/C19H26N2O4S/c1-12-7-8-26-17(12)11-21(3)19(22)20-13(2)14-9-15(23-4)18(25-6)16(10-14)24-5/h7-10,13H,11H2,1-6H3,(H,20,22). The molecule has 6 nitrogen and oxygen atoms in total. The Balaban J connectivity index is 2.12. The molecule has 1 heterocycles. The highest BCUT2D eigenvalue weighted by atomic mass is 32.1. The maximum Gasteiger partial charge on any atom is 0.317 e. The Labute approximate surface area is 158 Å². The molecule has 1 aromatic carbocycles. The fourth-order valence-corrected chi connectivity index (χ4v) is 3.54. The van der Waals surface area contributed by atoms with Gasteiger partial charge >= 0.3 is 6.03 Å². The van der Waals surface area contributed by atoms with Crippen LogP contribution in [0, 0.1) is 6.92 Å². The highest BCUT2D eigenvalue weighted by molar-refractivity contribution is 7.10. The number of hydrogen-bond acceptors (Lipinski definition) is 5. The maximum absolute atomic E-state index is 12.5. The molecule has 26 heavy (non-hydrogen) atoms. The van der Waals surface area contributed by atoms with Crippen molar-refractivity contribution in [3.8, 4) is 17.2 Å². The van der Waals surface area contributed by atoms with Crippen LogP contribution >= 0.6 is 11.3 Å². The number of amides is 2. The van der Waals surface area contributed by atoms with Crippen LogP contribution in [-0.2, 0) is 6.54 Å².